The van der Waals surface area contributed by atoms with Crippen LogP contribution >= 0.6 is 11.3 Å². The number of aryl methyl sites for hydroxylation is 2. The zero-order chi connectivity index (χ0) is 14.7. The Morgan fingerprint density at radius 3 is 2.90 bits per heavy atom. The second kappa shape index (κ2) is 6.41. The highest BCUT2D eigenvalue weighted by molar-refractivity contribution is 7.12. The zero-order valence-corrected chi connectivity index (χ0v) is 13.4. The summed E-state index contributed by atoms with van der Waals surface area (Å²) in [7, 11) is 0. The van der Waals surface area contributed by atoms with Crippen molar-refractivity contribution >= 4 is 22.4 Å². The molecule has 1 unspecified atom stereocenters. The molecule has 21 heavy (non-hydrogen) atoms. The van der Waals surface area contributed by atoms with Crippen LogP contribution in [0.5, 0.6) is 0 Å². The largest absolute Gasteiger partial charge is 0.331 e. The van der Waals surface area contributed by atoms with E-state index in [1.165, 1.54) is 15.3 Å². The highest BCUT2D eigenvalue weighted by Gasteiger charge is 2.06. The lowest BCUT2D eigenvalue weighted by Crippen LogP contribution is -2.20. The van der Waals surface area contributed by atoms with Gasteiger partial charge < -0.3 is 9.88 Å². The summed E-state index contributed by atoms with van der Waals surface area (Å²) in [5, 5.41) is 3.60. The summed E-state index contributed by atoms with van der Waals surface area (Å²) >= 11 is 1.88. The minimum absolute atomic E-state index is 0.434. The van der Waals surface area contributed by atoms with Crippen molar-refractivity contribution < 1.29 is 0 Å². The number of aromatic nitrogens is 2. The third kappa shape index (κ3) is 3.34. The average molecular weight is 299 g/mol. The molecule has 4 heteroatoms. The van der Waals surface area contributed by atoms with Crippen LogP contribution in [0.15, 0.2) is 42.7 Å². The summed E-state index contributed by atoms with van der Waals surface area (Å²) in [4.78, 5) is 7.22. The molecule has 0 aliphatic heterocycles. The van der Waals surface area contributed by atoms with Crippen LogP contribution in [-0.4, -0.2) is 16.1 Å². The van der Waals surface area contributed by atoms with Crippen LogP contribution < -0.4 is 5.32 Å². The third-order valence-corrected chi connectivity index (χ3v) is 4.93. The lowest BCUT2D eigenvalue weighted by Gasteiger charge is -2.12. The number of fused-ring (bicyclic) bond motifs is 1. The van der Waals surface area contributed by atoms with Gasteiger partial charge in [0.15, 0.2) is 0 Å². The van der Waals surface area contributed by atoms with Crippen LogP contribution in [0.2, 0.25) is 0 Å². The molecule has 0 fully saturated rings. The topological polar surface area (TPSA) is 29.9 Å². The van der Waals surface area contributed by atoms with Crippen molar-refractivity contribution in [1.29, 1.82) is 0 Å². The first-order chi connectivity index (χ1) is 10.2. The number of nitrogens with one attached hydrogen (secondary N) is 1. The van der Waals surface area contributed by atoms with E-state index in [9.17, 15) is 0 Å². The van der Waals surface area contributed by atoms with Crippen LogP contribution in [0.1, 0.15) is 29.1 Å². The molecule has 0 saturated heterocycles. The van der Waals surface area contributed by atoms with E-state index >= 15 is 0 Å². The van der Waals surface area contributed by atoms with Gasteiger partial charge in [-0.15, -0.1) is 11.3 Å². The monoisotopic (exact) mass is 299 g/mol. The first kappa shape index (κ1) is 14.3. The number of benzene rings is 1. The number of hydrogen-bond acceptors (Lipinski definition) is 3. The summed E-state index contributed by atoms with van der Waals surface area (Å²) in [6.45, 7) is 6.41. The second-order valence-electron chi connectivity index (χ2n) is 5.40. The van der Waals surface area contributed by atoms with Crippen LogP contribution in [-0.2, 0) is 6.54 Å². The van der Waals surface area contributed by atoms with Gasteiger partial charge in [-0.1, -0.05) is 12.1 Å². The smallest absolute Gasteiger partial charge is 0.0958 e. The summed E-state index contributed by atoms with van der Waals surface area (Å²) < 4.78 is 2.23. The Hall–Kier alpha value is -1.65. The van der Waals surface area contributed by atoms with E-state index in [0.717, 1.165) is 25.0 Å². The Labute approximate surface area is 129 Å². The first-order valence-electron chi connectivity index (χ1n) is 7.43. The molecule has 3 nitrogen and oxygen atoms in total. The predicted molar refractivity (Wildman–Crippen MR) is 89.8 cm³/mol. The molecule has 0 spiro atoms. The highest BCUT2D eigenvalue weighted by atomic mass is 32.1. The van der Waals surface area contributed by atoms with Gasteiger partial charge in [-0.3, -0.25) is 0 Å². The molecule has 2 aromatic heterocycles. The van der Waals surface area contributed by atoms with E-state index in [-0.39, 0.29) is 0 Å². The van der Waals surface area contributed by atoms with Gasteiger partial charge in [0, 0.05) is 22.3 Å². The molecule has 0 aliphatic carbocycles. The van der Waals surface area contributed by atoms with Crippen molar-refractivity contribution in [2.45, 2.75) is 32.9 Å². The average Bonchev–Trinajstić information content (AvgIpc) is 3.10. The summed E-state index contributed by atoms with van der Waals surface area (Å²) in [5.41, 5.74) is 2.30. The van der Waals surface area contributed by atoms with E-state index in [0.29, 0.717) is 6.04 Å². The number of rotatable bonds is 6. The Morgan fingerprint density at radius 1 is 1.24 bits per heavy atom. The summed E-state index contributed by atoms with van der Waals surface area (Å²) in [5.74, 6) is 0. The van der Waals surface area contributed by atoms with Crippen LogP contribution in [0.25, 0.3) is 11.0 Å². The minimum atomic E-state index is 0.434. The number of imidazole rings is 1. The second-order valence-corrected chi connectivity index (χ2v) is 6.72. The SMILES string of the molecule is Cc1ccc(C(C)NCCCn2cnc3ccccc32)s1. The summed E-state index contributed by atoms with van der Waals surface area (Å²) in [6.07, 6.45) is 3.05. The summed E-state index contributed by atoms with van der Waals surface area (Å²) in [6, 6.07) is 13.1. The predicted octanol–water partition coefficient (Wildman–Crippen LogP) is 4.15. The van der Waals surface area contributed by atoms with Crippen molar-refractivity contribution in [2.24, 2.45) is 0 Å². The zero-order valence-electron chi connectivity index (χ0n) is 12.5. The van der Waals surface area contributed by atoms with Crippen LogP contribution in [0, 0.1) is 6.92 Å². The highest BCUT2D eigenvalue weighted by Crippen LogP contribution is 2.22. The molecule has 0 radical (unpaired) electrons. The Morgan fingerprint density at radius 2 is 2.10 bits per heavy atom. The van der Waals surface area contributed by atoms with E-state index in [1.807, 2.05) is 23.7 Å². The molecule has 0 saturated carbocycles. The third-order valence-electron chi connectivity index (χ3n) is 3.74. The normalized spacial score (nSPS) is 12.9. The molecule has 2 heterocycles. The Kier molecular flexibility index (Phi) is 4.36. The van der Waals surface area contributed by atoms with Gasteiger partial charge in [0.2, 0.25) is 0 Å². The molecule has 1 atom stereocenters. The van der Waals surface area contributed by atoms with Crippen molar-refractivity contribution in [3.8, 4) is 0 Å². The fourth-order valence-corrected chi connectivity index (χ4v) is 3.45. The van der Waals surface area contributed by atoms with Gasteiger partial charge >= 0.3 is 0 Å². The van der Waals surface area contributed by atoms with Crippen LogP contribution in [0.3, 0.4) is 0 Å². The fraction of sp³-hybridized carbons (Fsp3) is 0.353. The van der Waals surface area contributed by atoms with Gasteiger partial charge in [-0.25, -0.2) is 4.98 Å². The first-order valence-corrected chi connectivity index (χ1v) is 8.25. The van der Waals surface area contributed by atoms with E-state index in [2.05, 4.69) is 59.0 Å². The molecule has 0 bridgehead atoms. The fourth-order valence-electron chi connectivity index (χ4n) is 2.54. The van der Waals surface area contributed by atoms with Gasteiger partial charge in [0.05, 0.1) is 17.4 Å². The quantitative estimate of drug-likeness (QED) is 0.693. The molecule has 1 aromatic carbocycles. The Bertz CT molecular complexity index is 713. The molecular weight excluding hydrogens is 278 g/mol. The molecule has 1 N–H and O–H groups in total. The molecule has 110 valence electrons. The minimum Gasteiger partial charge on any atom is -0.331 e. The van der Waals surface area contributed by atoms with Gasteiger partial charge in [-0.2, -0.15) is 0 Å². The van der Waals surface area contributed by atoms with Gasteiger partial charge in [0.25, 0.3) is 0 Å². The molecule has 3 aromatic rings. The van der Waals surface area contributed by atoms with Crippen molar-refractivity contribution in [3.63, 3.8) is 0 Å². The molecule has 3 rings (SSSR count). The van der Waals surface area contributed by atoms with Crippen LogP contribution in [0.4, 0.5) is 0 Å². The van der Waals surface area contributed by atoms with Crippen molar-refractivity contribution in [2.75, 3.05) is 6.54 Å². The maximum atomic E-state index is 4.43. The number of hydrogen-bond donors (Lipinski definition) is 1. The maximum absolute atomic E-state index is 4.43. The van der Waals surface area contributed by atoms with Gasteiger partial charge in [-0.05, 0) is 51.1 Å². The van der Waals surface area contributed by atoms with E-state index < -0.39 is 0 Å². The standard InChI is InChI=1S/C17H21N3S/c1-13-8-9-17(21-13)14(2)18-10-5-11-20-12-19-15-6-3-4-7-16(15)20/h3-4,6-9,12,14,18H,5,10-11H2,1-2H3. The Balaban J connectivity index is 1.50. The van der Waals surface area contributed by atoms with Crippen molar-refractivity contribution in [3.05, 3.63) is 52.5 Å². The van der Waals surface area contributed by atoms with E-state index in [4.69, 9.17) is 0 Å². The van der Waals surface area contributed by atoms with E-state index in [1.54, 1.807) is 0 Å². The number of nitrogens with zero attached hydrogens (tertiary/aromatic N) is 2. The lowest BCUT2D eigenvalue weighted by atomic mass is 10.2. The number of thiophene rings is 1. The lowest BCUT2D eigenvalue weighted by molar-refractivity contribution is 0.535. The maximum Gasteiger partial charge on any atom is 0.0958 e. The van der Waals surface area contributed by atoms with Crippen molar-refractivity contribution in [1.82, 2.24) is 14.9 Å². The molecule has 0 amide bonds. The molecule has 0 aliphatic rings. The number of para-hydroxylation sites is 2. The molecular formula is C17H21N3S. The van der Waals surface area contributed by atoms with Gasteiger partial charge in [0.1, 0.15) is 0 Å².